The maximum absolute atomic E-state index is 12.3. The number of piperidine rings is 1. The number of furan rings is 1. The summed E-state index contributed by atoms with van der Waals surface area (Å²) in [7, 11) is 0. The molecule has 0 aliphatic carbocycles. The zero-order valence-corrected chi connectivity index (χ0v) is 16.2. The average Bonchev–Trinajstić information content (AvgIpc) is 3.31. The lowest BCUT2D eigenvalue weighted by Gasteiger charge is -2.27. The number of rotatable bonds is 7. The Morgan fingerprint density at radius 3 is 2.71 bits per heavy atom. The van der Waals surface area contributed by atoms with Crippen LogP contribution < -0.4 is 10.2 Å². The maximum atomic E-state index is 12.3. The van der Waals surface area contributed by atoms with Gasteiger partial charge in [-0.2, -0.15) is 13.2 Å². The normalized spacial score (nSPS) is 16.2. The monoisotopic (exact) mass is 417 g/mol. The number of alkyl halides is 3. The first-order valence-electron chi connectivity index (χ1n) is 9.05. The summed E-state index contributed by atoms with van der Waals surface area (Å²) in [5, 5.41) is 10.1. The third-order valence-electron chi connectivity index (χ3n) is 4.34. The van der Waals surface area contributed by atoms with Crippen molar-refractivity contribution in [3.63, 3.8) is 0 Å². The van der Waals surface area contributed by atoms with Crippen molar-refractivity contribution in [2.75, 3.05) is 24.5 Å². The number of halogens is 3. The third-order valence-corrected chi connectivity index (χ3v) is 5.43. The van der Waals surface area contributed by atoms with Gasteiger partial charge in [-0.3, -0.25) is 9.36 Å². The Morgan fingerprint density at radius 2 is 2.07 bits per heavy atom. The van der Waals surface area contributed by atoms with Crippen LogP contribution in [0.2, 0.25) is 0 Å². The molecule has 1 saturated heterocycles. The van der Waals surface area contributed by atoms with E-state index in [1.54, 1.807) is 19.3 Å². The highest BCUT2D eigenvalue weighted by molar-refractivity contribution is 8.00. The summed E-state index contributed by atoms with van der Waals surface area (Å²) in [6.07, 6.45) is 0.417. The van der Waals surface area contributed by atoms with Crippen LogP contribution >= 0.6 is 11.8 Å². The molecule has 1 aliphatic rings. The number of anilines is 1. The Morgan fingerprint density at radius 1 is 1.32 bits per heavy atom. The van der Waals surface area contributed by atoms with Crippen molar-refractivity contribution >= 4 is 23.6 Å². The number of nitrogens with zero attached hydrogens (tertiary/aromatic N) is 4. The van der Waals surface area contributed by atoms with Crippen molar-refractivity contribution in [3.8, 4) is 0 Å². The van der Waals surface area contributed by atoms with E-state index < -0.39 is 23.9 Å². The summed E-state index contributed by atoms with van der Waals surface area (Å²) in [6.45, 7) is 2.30. The van der Waals surface area contributed by atoms with Gasteiger partial charge in [0.1, 0.15) is 12.3 Å². The summed E-state index contributed by atoms with van der Waals surface area (Å²) in [6, 6.07) is 3.61. The Bertz CT molecular complexity index is 772. The van der Waals surface area contributed by atoms with Crippen molar-refractivity contribution in [2.45, 2.75) is 49.3 Å². The van der Waals surface area contributed by atoms with E-state index >= 15 is 0 Å². The number of thioether (sulfide) groups is 1. The SMILES string of the molecule is CC(Sc1nnc(N2CCCCC2)n1Cc1ccco1)C(=O)NCC(F)(F)F. The van der Waals surface area contributed by atoms with Gasteiger partial charge in [0, 0.05) is 13.1 Å². The molecule has 1 unspecified atom stereocenters. The molecule has 1 aliphatic heterocycles. The number of carbonyl (C=O) groups is 1. The molecule has 0 spiro atoms. The Hall–Kier alpha value is -2.17. The van der Waals surface area contributed by atoms with Crippen LogP contribution in [0.3, 0.4) is 0 Å². The highest BCUT2D eigenvalue weighted by Crippen LogP contribution is 2.28. The second-order valence-corrected chi connectivity index (χ2v) is 7.90. The molecule has 2 aromatic rings. The zero-order valence-electron chi connectivity index (χ0n) is 15.4. The fraction of sp³-hybridized carbons (Fsp3) is 0.588. The molecular formula is C17H22F3N5O2S. The van der Waals surface area contributed by atoms with Crippen LogP contribution in [-0.4, -0.2) is 51.7 Å². The summed E-state index contributed by atoms with van der Waals surface area (Å²) in [4.78, 5) is 14.1. The summed E-state index contributed by atoms with van der Waals surface area (Å²) in [5.41, 5.74) is 0. The molecule has 3 heterocycles. The maximum Gasteiger partial charge on any atom is 0.405 e. The molecule has 7 nitrogen and oxygen atoms in total. The van der Waals surface area contributed by atoms with Gasteiger partial charge in [-0.1, -0.05) is 11.8 Å². The van der Waals surface area contributed by atoms with Gasteiger partial charge in [-0.15, -0.1) is 10.2 Å². The third kappa shape index (κ3) is 5.43. The lowest BCUT2D eigenvalue weighted by molar-refractivity contribution is -0.137. The number of aromatic nitrogens is 3. The van der Waals surface area contributed by atoms with E-state index in [1.807, 2.05) is 16.0 Å². The number of amides is 1. The van der Waals surface area contributed by atoms with Gasteiger partial charge >= 0.3 is 6.18 Å². The molecule has 0 radical (unpaired) electrons. The van der Waals surface area contributed by atoms with Gasteiger partial charge in [-0.25, -0.2) is 0 Å². The molecule has 1 amide bonds. The minimum atomic E-state index is -4.44. The Balaban J connectivity index is 1.75. The van der Waals surface area contributed by atoms with Gasteiger partial charge in [0.05, 0.1) is 18.1 Å². The smallest absolute Gasteiger partial charge is 0.405 e. The van der Waals surface area contributed by atoms with Crippen LogP contribution in [0.5, 0.6) is 0 Å². The molecule has 0 bridgehead atoms. The number of carbonyl (C=O) groups excluding carboxylic acids is 1. The minimum Gasteiger partial charge on any atom is -0.467 e. The minimum absolute atomic E-state index is 0.380. The van der Waals surface area contributed by atoms with Crippen LogP contribution in [-0.2, 0) is 11.3 Å². The highest BCUT2D eigenvalue weighted by Gasteiger charge is 2.30. The van der Waals surface area contributed by atoms with Gasteiger partial charge in [0.2, 0.25) is 11.9 Å². The predicted molar refractivity (Wildman–Crippen MR) is 98.3 cm³/mol. The number of hydrogen-bond donors (Lipinski definition) is 1. The topological polar surface area (TPSA) is 76.2 Å². The van der Waals surface area contributed by atoms with E-state index in [0.717, 1.165) is 37.7 Å². The first-order chi connectivity index (χ1) is 13.3. The number of nitrogens with one attached hydrogen (secondary N) is 1. The predicted octanol–water partition coefficient (Wildman–Crippen LogP) is 3.07. The van der Waals surface area contributed by atoms with Crippen LogP contribution in [0.1, 0.15) is 31.9 Å². The van der Waals surface area contributed by atoms with Gasteiger partial charge < -0.3 is 14.6 Å². The van der Waals surface area contributed by atoms with E-state index in [-0.39, 0.29) is 0 Å². The molecular weight excluding hydrogens is 395 g/mol. The first kappa shape index (κ1) is 20.6. The van der Waals surface area contributed by atoms with Crippen LogP contribution in [0.25, 0.3) is 0 Å². The largest absolute Gasteiger partial charge is 0.467 e. The van der Waals surface area contributed by atoms with Gasteiger partial charge in [0.25, 0.3) is 0 Å². The molecule has 0 aromatic carbocycles. The second kappa shape index (κ2) is 8.89. The number of hydrogen-bond acceptors (Lipinski definition) is 6. The standard InChI is InChI=1S/C17H22F3N5O2S/c1-12(14(26)21-11-17(18,19)20)28-16-23-22-15(24-7-3-2-4-8-24)25(16)10-13-6-5-9-27-13/h5-6,9,12H,2-4,7-8,10-11H2,1H3,(H,21,26). The molecule has 1 N–H and O–H groups in total. The fourth-order valence-electron chi connectivity index (χ4n) is 2.94. The lowest BCUT2D eigenvalue weighted by Crippen LogP contribution is -2.38. The molecule has 1 fully saturated rings. The molecule has 28 heavy (non-hydrogen) atoms. The molecule has 2 aromatic heterocycles. The highest BCUT2D eigenvalue weighted by atomic mass is 32.2. The van der Waals surface area contributed by atoms with Crippen molar-refractivity contribution in [1.82, 2.24) is 20.1 Å². The molecule has 1 atom stereocenters. The Kier molecular flexibility index (Phi) is 6.53. The zero-order chi connectivity index (χ0) is 20.1. The fourth-order valence-corrected chi connectivity index (χ4v) is 3.80. The molecule has 154 valence electrons. The van der Waals surface area contributed by atoms with E-state index in [1.165, 1.54) is 6.42 Å². The van der Waals surface area contributed by atoms with E-state index in [4.69, 9.17) is 4.42 Å². The van der Waals surface area contributed by atoms with Crippen molar-refractivity contribution in [2.24, 2.45) is 0 Å². The molecule has 0 saturated carbocycles. The van der Waals surface area contributed by atoms with E-state index in [2.05, 4.69) is 15.1 Å². The summed E-state index contributed by atoms with van der Waals surface area (Å²) in [5.74, 6) is 0.685. The van der Waals surface area contributed by atoms with Crippen LogP contribution in [0.15, 0.2) is 28.0 Å². The summed E-state index contributed by atoms with van der Waals surface area (Å²) >= 11 is 1.08. The first-order valence-corrected chi connectivity index (χ1v) is 9.93. The van der Waals surface area contributed by atoms with Gasteiger partial charge in [0.15, 0.2) is 5.16 Å². The molecule has 3 rings (SSSR count). The quantitative estimate of drug-likeness (QED) is 0.698. The molecule has 11 heteroatoms. The Labute approximate surface area is 164 Å². The van der Waals surface area contributed by atoms with Gasteiger partial charge in [-0.05, 0) is 38.3 Å². The van der Waals surface area contributed by atoms with E-state index in [9.17, 15) is 18.0 Å². The van der Waals surface area contributed by atoms with Crippen LogP contribution in [0, 0.1) is 0 Å². The van der Waals surface area contributed by atoms with Crippen molar-refractivity contribution in [1.29, 1.82) is 0 Å². The van der Waals surface area contributed by atoms with Crippen molar-refractivity contribution in [3.05, 3.63) is 24.2 Å². The summed E-state index contributed by atoms with van der Waals surface area (Å²) < 4.78 is 44.3. The van der Waals surface area contributed by atoms with E-state index in [0.29, 0.717) is 23.4 Å². The van der Waals surface area contributed by atoms with Crippen molar-refractivity contribution < 1.29 is 22.4 Å². The lowest BCUT2D eigenvalue weighted by atomic mass is 10.1. The second-order valence-electron chi connectivity index (χ2n) is 6.59. The van der Waals surface area contributed by atoms with Crippen LogP contribution in [0.4, 0.5) is 19.1 Å². The average molecular weight is 417 g/mol.